The second-order valence-electron chi connectivity index (χ2n) is 9.10. The van der Waals surface area contributed by atoms with Gasteiger partial charge in [-0.05, 0) is 32.1 Å². The number of carbonyl (C=O) groups excluding carboxylic acids is 3. The molecule has 0 saturated heterocycles. The SMILES string of the molecule is COCC1(NC(=O)O[C@@H]2CC[C@H](c3cc(NC(=O)COc4cc(OC)cc(O)c4C=O)n[nH]3)C2)CC1. The largest absolute Gasteiger partial charge is 0.507 e. The molecule has 0 radical (unpaired) electrons. The van der Waals surface area contributed by atoms with Crippen molar-refractivity contribution in [3.05, 3.63) is 29.5 Å². The molecule has 2 aromatic rings. The van der Waals surface area contributed by atoms with E-state index >= 15 is 0 Å². The van der Waals surface area contributed by atoms with Gasteiger partial charge in [0.15, 0.2) is 18.7 Å². The summed E-state index contributed by atoms with van der Waals surface area (Å²) in [5, 5.41) is 22.5. The number of rotatable bonds is 11. The standard InChI is InChI=1S/C24H30N4O8/c1-33-13-24(5-6-24)26-23(32)36-15-4-3-14(7-15)18-10-21(28-27-18)25-22(31)12-35-20-9-16(34-2)8-19(30)17(20)11-29/h8-11,14-15,30H,3-7,12-13H2,1-2H3,(H,26,32)(H2,25,27,28,31)/t14-,15+/m0/s1. The second-order valence-corrected chi connectivity index (χ2v) is 9.10. The lowest BCUT2D eigenvalue weighted by molar-refractivity contribution is -0.118. The van der Waals surface area contributed by atoms with E-state index in [0.29, 0.717) is 25.1 Å². The van der Waals surface area contributed by atoms with Gasteiger partial charge in [-0.2, -0.15) is 5.10 Å². The summed E-state index contributed by atoms with van der Waals surface area (Å²) in [6.45, 7) is 0.0675. The fourth-order valence-electron chi connectivity index (χ4n) is 4.33. The number of H-pyrrole nitrogens is 1. The first-order chi connectivity index (χ1) is 17.3. The Morgan fingerprint density at radius 3 is 2.75 bits per heavy atom. The van der Waals surface area contributed by atoms with Crippen LogP contribution in [0.15, 0.2) is 18.2 Å². The van der Waals surface area contributed by atoms with E-state index in [1.807, 2.05) is 0 Å². The molecule has 2 saturated carbocycles. The number of aromatic amines is 1. The van der Waals surface area contributed by atoms with Crippen LogP contribution in [0, 0.1) is 0 Å². The van der Waals surface area contributed by atoms with Crippen molar-refractivity contribution in [2.75, 3.05) is 32.8 Å². The van der Waals surface area contributed by atoms with Crippen LogP contribution in [0.1, 0.15) is 54.1 Å². The monoisotopic (exact) mass is 502 g/mol. The molecule has 2 amide bonds. The molecular weight excluding hydrogens is 472 g/mol. The molecule has 12 nitrogen and oxygen atoms in total. The predicted octanol–water partition coefficient (Wildman–Crippen LogP) is 2.50. The Bertz CT molecular complexity index is 1110. The maximum atomic E-state index is 12.3. The van der Waals surface area contributed by atoms with Gasteiger partial charge in [-0.3, -0.25) is 14.7 Å². The van der Waals surface area contributed by atoms with Gasteiger partial charge in [0.2, 0.25) is 0 Å². The van der Waals surface area contributed by atoms with E-state index in [-0.39, 0.29) is 40.4 Å². The third-order valence-electron chi connectivity index (χ3n) is 6.41. The number of phenols is 1. The zero-order valence-electron chi connectivity index (χ0n) is 20.2. The van der Waals surface area contributed by atoms with Crippen molar-refractivity contribution in [1.29, 1.82) is 0 Å². The number of aromatic nitrogens is 2. The minimum atomic E-state index is -0.499. The molecule has 0 unspecified atom stereocenters. The van der Waals surface area contributed by atoms with Gasteiger partial charge in [0.1, 0.15) is 23.4 Å². The molecule has 1 aromatic carbocycles. The molecule has 1 heterocycles. The zero-order chi connectivity index (χ0) is 25.7. The summed E-state index contributed by atoms with van der Waals surface area (Å²) >= 11 is 0. The molecular formula is C24H30N4O8. The lowest BCUT2D eigenvalue weighted by Crippen LogP contribution is -2.41. The Morgan fingerprint density at radius 2 is 2.06 bits per heavy atom. The first-order valence-corrected chi connectivity index (χ1v) is 11.7. The number of alkyl carbamates (subject to hydrolysis) is 1. The third-order valence-corrected chi connectivity index (χ3v) is 6.41. The maximum absolute atomic E-state index is 12.3. The third kappa shape index (κ3) is 6.06. The number of anilines is 1. The second kappa shape index (κ2) is 10.9. The average molecular weight is 503 g/mol. The highest BCUT2D eigenvalue weighted by atomic mass is 16.6. The summed E-state index contributed by atoms with van der Waals surface area (Å²) in [5.74, 6) is -0.0722. The van der Waals surface area contributed by atoms with Crippen LogP contribution in [0.3, 0.4) is 0 Å². The van der Waals surface area contributed by atoms with E-state index in [1.54, 1.807) is 13.2 Å². The normalized spacial score (nSPS) is 19.8. The Balaban J connectivity index is 1.25. The summed E-state index contributed by atoms with van der Waals surface area (Å²) in [6, 6.07) is 4.42. The van der Waals surface area contributed by atoms with E-state index in [0.717, 1.165) is 31.4 Å². The number of nitrogens with zero attached hydrogens (tertiary/aromatic N) is 1. The van der Waals surface area contributed by atoms with E-state index in [1.165, 1.54) is 19.2 Å². The molecule has 4 N–H and O–H groups in total. The number of amides is 2. The molecule has 36 heavy (non-hydrogen) atoms. The van der Waals surface area contributed by atoms with Crippen molar-refractivity contribution in [3.63, 3.8) is 0 Å². The van der Waals surface area contributed by atoms with Crippen LogP contribution in [0.2, 0.25) is 0 Å². The average Bonchev–Trinajstić information content (AvgIpc) is 3.21. The molecule has 4 rings (SSSR count). The van der Waals surface area contributed by atoms with Crippen LogP contribution < -0.4 is 20.1 Å². The van der Waals surface area contributed by atoms with Gasteiger partial charge in [0.25, 0.3) is 5.91 Å². The number of methoxy groups -OCH3 is 2. The van der Waals surface area contributed by atoms with Crippen molar-refractivity contribution in [3.8, 4) is 17.2 Å². The van der Waals surface area contributed by atoms with Crippen LogP contribution in [0.5, 0.6) is 17.2 Å². The number of aldehydes is 1. The number of phenolic OH excluding ortho intramolecular Hbond substituents is 1. The smallest absolute Gasteiger partial charge is 0.407 e. The Labute approximate surface area is 207 Å². The lowest BCUT2D eigenvalue weighted by atomic mass is 10.0. The van der Waals surface area contributed by atoms with Crippen LogP contribution in [0.25, 0.3) is 0 Å². The highest BCUT2D eigenvalue weighted by Gasteiger charge is 2.45. The van der Waals surface area contributed by atoms with Crippen LogP contribution in [-0.2, 0) is 14.3 Å². The molecule has 2 aliphatic rings. The van der Waals surface area contributed by atoms with Crippen LogP contribution in [-0.4, -0.2) is 72.7 Å². The molecule has 12 heteroatoms. The van der Waals surface area contributed by atoms with E-state index in [2.05, 4.69) is 20.8 Å². The summed E-state index contributed by atoms with van der Waals surface area (Å²) in [7, 11) is 3.01. The highest BCUT2D eigenvalue weighted by molar-refractivity contribution is 5.91. The van der Waals surface area contributed by atoms with E-state index in [4.69, 9.17) is 18.9 Å². The molecule has 2 fully saturated rings. The number of benzene rings is 1. The fraction of sp³-hybridized carbons (Fsp3) is 0.500. The van der Waals surface area contributed by atoms with Gasteiger partial charge in [0, 0.05) is 36.9 Å². The number of nitrogens with one attached hydrogen (secondary N) is 3. The summed E-state index contributed by atoms with van der Waals surface area (Å²) in [5.41, 5.74) is 0.464. The number of hydrogen-bond acceptors (Lipinski definition) is 9. The number of carbonyl (C=O) groups is 3. The van der Waals surface area contributed by atoms with Crippen LogP contribution in [0.4, 0.5) is 10.6 Å². The van der Waals surface area contributed by atoms with E-state index < -0.39 is 18.6 Å². The molecule has 0 bridgehead atoms. The van der Waals surface area contributed by atoms with Crippen molar-refractivity contribution < 1.29 is 38.4 Å². The fourth-order valence-corrected chi connectivity index (χ4v) is 4.33. The van der Waals surface area contributed by atoms with Gasteiger partial charge >= 0.3 is 6.09 Å². The van der Waals surface area contributed by atoms with Crippen LogP contribution >= 0.6 is 0 Å². The minimum Gasteiger partial charge on any atom is -0.507 e. The van der Waals surface area contributed by atoms with Gasteiger partial charge < -0.3 is 34.7 Å². The first kappa shape index (κ1) is 25.3. The Kier molecular flexibility index (Phi) is 7.63. The number of ether oxygens (including phenoxy) is 4. The number of aromatic hydroxyl groups is 1. The number of hydrogen-bond donors (Lipinski definition) is 4. The molecule has 1 aromatic heterocycles. The predicted molar refractivity (Wildman–Crippen MR) is 127 cm³/mol. The molecule has 0 aliphatic heterocycles. The lowest BCUT2D eigenvalue weighted by Gasteiger charge is -2.18. The first-order valence-electron chi connectivity index (χ1n) is 11.7. The quantitative estimate of drug-likeness (QED) is 0.338. The highest BCUT2D eigenvalue weighted by Crippen LogP contribution is 2.38. The molecule has 2 atom stereocenters. The topological polar surface area (TPSA) is 161 Å². The molecule has 194 valence electrons. The molecule has 2 aliphatic carbocycles. The Hall–Kier alpha value is -3.80. The van der Waals surface area contributed by atoms with E-state index in [9.17, 15) is 19.5 Å². The van der Waals surface area contributed by atoms with Crippen molar-refractivity contribution in [2.45, 2.75) is 49.7 Å². The minimum absolute atomic E-state index is 0.0237. The van der Waals surface area contributed by atoms with Gasteiger partial charge in [-0.15, -0.1) is 0 Å². The Morgan fingerprint density at radius 1 is 1.25 bits per heavy atom. The summed E-state index contributed by atoms with van der Waals surface area (Å²) < 4.78 is 21.2. The van der Waals surface area contributed by atoms with Gasteiger partial charge in [0.05, 0.1) is 24.8 Å². The van der Waals surface area contributed by atoms with Crippen molar-refractivity contribution in [1.82, 2.24) is 15.5 Å². The zero-order valence-corrected chi connectivity index (χ0v) is 20.2. The van der Waals surface area contributed by atoms with Crippen molar-refractivity contribution >= 4 is 24.1 Å². The van der Waals surface area contributed by atoms with Gasteiger partial charge in [-0.1, -0.05) is 0 Å². The maximum Gasteiger partial charge on any atom is 0.407 e. The van der Waals surface area contributed by atoms with Gasteiger partial charge in [-0.25, -0.2) is 4.79 Å². The molecule has 0 spiro atoms. The van der Waals surface area contributed by atoms with Crippen molar-refractivity contribution in [2.24, 2.45) is 0 Å². The summed E-state index contributed by atoms with van der Waals surface area (Å²) in [4.78, 5) is 35.9. The summed E-state index contributed by atoms with van der Waals surface area (Å²) in [6.07, 6.45) is 3.79.